The molecule has 0 saturated carbocycles. The molecule has 2 fully saturated rings. The van der Waals surface area contributed by atoms with Gasteiger partial charge in [0.15, 0.2) is 12.6 Å². The zero-order chi connectivity index (χ0) is 16.6. The van der Waals surface area contributed by atoms with Gasteiger partial charge in [-0.2, -0.15) is 0 Å². The summed E-state index contributed by atoms with van der Waals surface area (Å²) in [6.07, 6.45) is 12.8. The molecule has 134 valence electrons. The molecule has 2 rings (SSSR count). The highest BCUT2D eigenvalue weighted by atomic mass is 16.8. The van der Waals surface area contributed by atoms with Gasteiger partial charge in [0.2, 0.25) is 0 Å². The highest BCUT2D eigenvalue weighted by Gasteiger charge is 2.21. The van der Waals surface area contributed by atoms with Gasteiger partial charge in [-0.25, -0.2) is 0 Å². The van der Waals surface area contributed by atoms with Gasteiger partial charge in [0.05, 0.1) is 0 Å². The van der Waals surface area contributed by atoms with Crippen molar-refractivity contribution >= 4 is 0 Å². The molecule has 2 aliphatic heterocycles. The molecular weight excluding hydrogens is 292 g/mol. The van der Waals surface area contributed by atoms with Crippen molar-refractivity contribution in [2.24, 2.45) is 0 Å². The predicted molar refractivity (Wildman–Crippen MR) is 91.9 cm³/mol. The van der Waals surface area contributed by atoms with Crippen LogP contribution < -0.4 is 0 Å². The van der Waals surface area contributed by atoms with E-state index in [0.717, 1.165) is 32.5 Å². The zero-order valence-electron chi connectivity index (χ0n) is 14.7. The molecule has 2 heterocycles. The molecule has 2 saturated heterocycles. The van der Waals surface area contributed by atoms with Crippen LogP contribution in [0.15, 0.2) is 0 Å². The lowest BCUT2D eigenvalue weighted by molar-refractivity contribution is -0.264. The topological polar surface area (TPSA) is 47.9 Å². The van der Waals surface area contributed by atoms with E-state index < -0.39 is 0 Å². The Bertz CT molecular complexity index is 293. The van der Waals surface area contributed by atoms with Crippen LogP contribution in [-0.4, -0.2) is 37.5 Å². The molecule has 0 bridgehead atoms. The van der Waals surface area contributed by atoms with Crippen LogP contribution in [0.5, 0.6) is 0 Å². The lowest BCUT2D eigenvalue weighted by Crippen LogP contribution is -2.31. The maximum Gasteiger partial charge on any atom is 0.160 e. The van der Waals surface area contributed by atoms with Crippen molar-refractivity contribution < 1.29 is 19.3 Å². The van der Waals surface area contributed by atoms with Crippen LogP contribution in [0.3, 0.4) is 0 Å². The first-order chi connectivity index (χ1) is 11.4. The normalized spacial score (nSPS) is 24.1. The van der Waals surface area contributed by atoms with Crippen LogP contribution in [-0.2, 0) is 14.2 Å². The van der Waals surface area contributed by atoms with Crippen molar-refractivity contribution in [2.75, 3.05) is 19.8 Å². The highest BCUT2D eigenvalue weighted by Crippen LogP contribution is 2.20. The molecule has 0 amide bonds. The average Bonchev–Trinajstić information content (AvgIpc) is 2.60. The van der Waals surface area contributed by atoms with Gasteiger partial charge in [0.25, 0.3) is 0 Å². The van der Waals surface area contributed by atoms with Gasteiger partial charge in [-0.15, -0.1) is 5.92 Å². The molecule has 2 atom stereocenters. The number of aliphatic hydroxyl groups is 1. The van der Waals surface area contributed by atoms with Gasteiger partial charge in [-0.3, -0.25) is 0 Å². The minimum Gasteiger partial charge on any atom is -0.384 e. The summed E-state index contributed by atoms with van der Waals surface area (Å²) < 4.78 is 16.6. The van der Waals surface area contributed by atoms with Crippen LogP contribution in [0.1, 0.15) is 77.6 Å². The first-order valence-corrected chi connectivity index (χ1v) is 9.32. The smallest absolute Gasteiger partial charge is 0.160 e. The second kappa shape index (κ2) is 15.0. The molecule has 0 aromatic carbocycles. The Hall–Kier alpha value is -0.600. The van der Waals surface area contributed by atoms with Gasteiger partial charge < -0.3 is 19.3 Å². The Morgan fingerprint density at radius 1 is 0.913 bits per heavy atom. The van der Waals surface area contributed by atoms with Gasteiger partial charge in [0.1, 0.15) is 6.61 Å². The summed E-state index contributed by atoms with van der Waals surface area (Å²) in [6.45, 7) is 3.89. The van der Waals surface area contributed by atoms with Crippen LogP contribution in [0, 0.1) is 11.8 Å². The molecule has 0 spiro atoms. The Labute approximate surface area is 141 Å². The molecule has 2 unspecified atom stereocenters. The third kappa shape index (κ3) is 11.6. The first-order valence-electron chi connectivity index (χ1n) is 9.32. The van der Waals surface area contributed by atoms with E-state index in [1.54, 1.807) is 0 Å². The number of ether oxygens (including phenoxy) is 3. The van der Waals surface area contributed by atoms with Gasteiger partial charge >= 0.3 is 0 Å². The molecule has 1 N–H and O–H groups in total. The maximum atomic E-state index is 8.30. The van der Waals surface area contributed by atoms with E-state index in [9.17, 15) is 0 Å². The van der Waals surface area contributed by atoms with Crippen molar-refractivity contribution in [1.29, 1.82) is 0 Å². The zero-order valence-corrected chi connectivity index (χ0v) is 14.7. The van der Waals surface area contributed by atoms with E-state index >= 15 is 0 Å². The molecule has 0 radical (unpaired) electrons. The van der Waals surface area contributed by atoms with Crippen molar-refractivity contribution in [1.82, 2.24) is 0 Å². The predicted octanol–water partition coefficient (Wildman–Crippen LogP) is 4.01. The maximum absolute atomic E-state index is 8.30. The second-order valence-electron chi connectivity index (χ2n) is 6.05. The van der Waals surface area contributed by atoms with E-state index in [1.807, 2.05) is 0 Å². The average molecular weight is 326 g/mol. The fraction of sp³-hybridized carbons (Fsp3) is 0.895. The highest BCUT2D eigenvalue weighted by molar-refractivity contribution is 4.98. The van der Waals surface area contributed by atoms with Crippen LogP contribution in [0.2, 0.25) is 0 Å². The quantitative estimate of drug-likeness (QED) is 0.592. The fourth-order valence-electron chi connectivity index (χ4n) is 2.59. The first kappa shape index (κ1) is 20.4. The SMILES string of the molecule is C1CCC(OC2CCCCO2)OC1.CCCCCCC#CCO. The summed E-state index contributed by atoms with van der Waals surface area (Å²) in [5.74, 6) is 5.52. The summed E-state index contributed by atoms with van der Waals surface area (Å²) in [4.78, 5) is 0. The van der Waals surface area contributed by atoms with E-state index in [1.165, 1.54) is 51.4 Å². The number of aliphatic hydroxyl groups excluding tert-OH is 1. The lowest BCUT2D eigenvalue weighted by Gasteiger charge is -2.29. The standard InChI is InChI=1S/C10H18O3.C9H16O/c1-3-7-11-9(5-1)13-10-6-2-4-8-12-10;1-2-3-4-5-6-7-8-9-10/h9-10H,1-8H2;10H,2-6,9H2,1H3. The molecule has 2 aliphatic rings. The van der Waals surface area contributed by atoms with E-state index in [4.69, 9.17) is 19.3 Å². The van der Waals surface area contributed by atoms with Crippen molar-refractivity contribution in [2.45, 2.75) is 90.1 Å². The van der Waals surface area contributed by atoms with E-state index in [-0.39, 0.29) is 19.2 Å². The van der Waals surface area contributed by atoms with E-state index in [2.05, 4.69) is 18.8 Å². The molecule has 4 nitrogen and oxygen atoms in total. The Kier molecular flexibility index (Phi) is 13.3. The Morgan fingerprint density at radius 2 is 1.57 bits per heavy atom. The monoisotopic (exact) mass is 326 g/mol. The van der Waals surface area contributed by atoms with Crippen LogP contribution in [0.25, 0.3) is 0 Å². The summed E-state index contributed by atoms with van der Waals surface area (Å²) >= 11 is 0. The number of hydrogen-bond donors (Lipinski definition) is 1. The third-order valence-electron chi connectivity index (χ3n) is 3.94. The van der Waals surface area contributed by atoms with E-state index in [0.29, 0.717) is 0 Å². The van der Waals surface area contributed by atoms with Crippen molar-refractivity contribution in [3.05, 3.63) is 0 Å². The number of hydrogen-bond acceptors (Lipinski definition) is 4. The molecule has 0 aliphatic carbocycles. The minimum atomic E-state index is -0.00292. The second-order valence-corrected chi connectivity index (χ2v) is 6.05. The molecule has 0 aromatic heterocycles. The van der Waals surface area contributed by atoms with Crippen molar-refractivity contribution in [3.63, 3.8) is 0 Å². The number of rotatable bonds is 6. The summed E-state index contributed by atoms with van der Waals surface area (Å²) in [6, 6.07) is 0. The summed E-state index contributed by atoms with van der Waals surface area (Å²) in [5, 5.41) is 8.30. The van der Waals surface area contributed by atoms with Crippen molar-refractivity contribution in [3.8, 4) is 11.8 Å². The molecule has 0 aromatic rings. The summed E-state index contributed by atoms with van der Waals surface area (Å²) in [5.41, 5.74) is 0. The fourth-order valence-corrected chi connectivity index (χ4v) is 2.59. The number of unbranched alkanes of at least 4 members (excludes halogenated alkanes) is 4. The van der Waals surface area contributed by atoms with Gasteiger partial charge in [0, 0.05) is 19.6 Å². The minimum absolute atomic E-state index is 0.00292. The largest absolute Gasteiger partial charge is 0.384 e. The van der Waals surface area contributed by atoms with Gasteiger partial charge in [-0.05, 0) is 44.9 Å². The van der Waals surface area contributed by atoms with Crippen LogP contribution in [0.4, 0.5) is 0 Å². The molecular formula is C19H34O4. The molecule has 4 heteroatoms. The Morgan fingerprint density at radius 3 is 2.04 bits per heavy atom. The Balaban J connectivity index is 0.000000241. The lowest BCUT2D eigenvalue weighted by atomic mass is 10.2. The summed E-state index contributed by atoms with van der Waals surface area (Å²) in [7, 11) is 0. The van der Waals surface area contributed by atoms with Gasteiger partial charge in [-0.1, -0.05) is 32.1 Å². The third-order valence-corrected chi connectivity index (χ3v) is 3.94. The molecule has 23 heavy (non-hydrogen) atoms. The van der Waals surface area contributed by atoms with Crippen LogP contribution >= 0.6 is 0 Å².